The summed E-state index contributed by atoms with van der Waals surface area (Å²) in [5.41, 5.74) is -0.229. The van der Waals surface area contributed by atoms with Crippen molar-refractivity contribution in [1.82, 2.24) is 5.32 Å². The summed E-state index contributed by atoms with van der Waals surface area (Å²) in [6.45, 7) is -0.773. The number of aliphatic hydroxyl groups excluding tert-OH is 1. The van der Waals surface area contributed by atoms with Gasteiger partial charge in [0.05, 0.1) is 11.1 Å². The maximum atomic E-state index is 13.5. The van der Waals surface area contributed by atoms with Crippen LogP contribution in [0.25, 0.3) is 0 Å². The number of halogens is 2. The van der Waals surface area contributed by atoms with Gasteiger partial charge in [-0.2, -0.15) is 5.26 Å². The first kappa shape index (κ1) is 17.4. The number of nitriles is 1. The molecular formula is C17H14F2N2O3. The number of rotatable bonds is 6. The molecule has 2 N–H and O–H groups in total. The van der Waals surface area contributed by atoms with Crippen molar-refractivity contribution >= 4 is 5.91 Å². The zero-order chi connectivity index (χ0) is 17.5. The lowest BCUT2D eigenvalue weighted by atomic mass is 10.1. The second-order valence-corrected chi connectivity index (χ2v) is 4.85. The Morgan fingerprint density at radius 2 is 1.88 bits per heavy atom. The Labute approximate surface area is 137 Å². The molecule has 7 heteroatoms. The third kappa shape index (κ3) is 4.27. The number of nitrogens with one attached hydrogen (secondary N) is 1. The molecule has 1 unspecified atom stereocenters. The molecule has 1 atom stereocenters. The molecule has 0 aliphatic heterocycles. The lowest BCUT2D eigenvalue weighted by Gasteiger charge is -2.14. The summed E-state index contributed by atoms with van der Waals surface area (Å²) in [5.74, 6) is -2.14. The number of para-hydroxylation sites is 1. The van der Waals surface area contributed by atoms with Gasteiger partial charge in [-0.3, -0.25) is 4.79 Å². The van der Waals surface area contributed by atoms with Crippen LogP contribution >= 0.6 is 0 Å². The standard InChI is InChI=1S/C17H14F2N2O3/c18-12-5-3-6-13(19)17(12)14(22)9-21-16(23)10-24-15-7-2-1-4-11(15)8-20/h1-7,14,22H,9-10H2,(H,21,23). The van der Waals surface area contributed by atoms with Crippen molar-refractivity contribution in [3.8, 4) is 11.8 Å². The van der Waals surface area contributed by atoms with Gasteiger partial charge in [0.2, 0.25) is 0 Å². The van der Waals surface area contributed by atoms with Crippen LogP contribution in [0, 0.1) is 23.0 Å². The largest absolute Gasteiger partial charge is 0.482 e. The molecule has 2 aromatic rings. The van der Waals surface area contributed by atoms with Gasteiger partial charge in [0.1, 0.15) is 29.6 Å². The first-order valence-electron chi connectivity index (χ1n) is 7.03. The van der Waals surface area contributed by atoms with Crippen LogP contribution in [0.5, 0.6) is 5.75 Å². The molecule has 0 saturated heterocycles. The van der Waals surface area contributed by atoms with Crippen molar-refractivity contribution in [2.75, 3.05) is 13.2 Å². The van der Waals surface area contributed by atoms with Gasteiger partial charge in [-0.1, -0.05) is 18.2 Å². The average molecular weight is 332 g/mol. The highest BCUT2D eigenvalue weighted by atomic mass is 19.1. The lowest BCUT2D eigenvalue weighted by Crippen LogP contribution is -2.33. The monoisotopic (exact) mass is 332 g/mol. The summed E-state index contributed by atoms with van der Waals surface area (Å²) < 4.78 is 32.2. The Bertz CT molecular complexity index is 754. The number of amides is 1. The van der Waals surface area contributed by atoms with E-state index < -0.39 is 35.8 Å². The second kappa shape index (κ2) is 8.04. The van der Waals surface area contributed by atoms with Crippen molar-refractivity contribution in [3.05, 3.63) is 65.2 Å². The Balaban J connectivity index is 1.88. The van der Waals surface area contributed by atoms with Gasteiger partial charge in [-0.15, -0.1) is 0 Å². The van der Waals surface area contributed by atoms with E-state index in [1.807, 2.05) is 6.07 Å². The van der Waals surface area contributed by atoms with Crippen LogP contribution in [0.3, 0.4) is 0 Å². The smallest absolute Gasteiger partial charge is 0.258 e. The Morgan fingerprint density at radius 1 is 1.21 bits per heavy atom. The molecule has 0 aliphatic rings. The number of nitrogens with zero attached hydrogens (tertiary/aromatic N) is 1. The van der Waals surface area contributed by atoms with Gasteiger partial charge in [0.15, 0.2) is 6.61 Å². The molecule has 0 aromatic heterocycles. The van der Waals surface area contributed by atoms with Crippen molar-refractivity contribution in [2.24, 2.45) is 0 Å². The van der Waals surface area contributed by atoms with Crippen molar-refractivity contribution in [3.63, 3.8) is 0 Å². The number of ether oxygens (including phenoxy) is 1. The Hall–Kier alpha value is -2.98. The quantitative estimate of drug-likeness (QED) is 0.848. The Kier molecular flexibility index (Phi) is 5.82. The van der Waals surface area contributed by atoms with Crippen LogP contribution in [0.15, 0.2) is 42.5 Å². The number of carbonyl (C=O) groups excluding carboxylic acids is 1. The van der Waals surface area contributed by atoms with Crippen molar-refractivity contribution in [2.45, 2.75) is 6.10 Å². The summed E-state index contributed by atoms with van der Waals surface area (Å²) in [6, 6.07) is 11.5. The number of carbonyl (C=O) groups is 1. The van der Waals surface area contributed by atoms with Gasteiger partial charge in [0, 0.05) is 6.54 Å². The minimum Gasteiger partial charge on any atom is -0.482 e. The third-order valence-electron chi connectivity index (χ3n) is 3.19. The summed E-state index contributed by atoms with van der Waals surface area (Å²) in [5, 5.41) is 21.0. The minimum atomic E-state index is -1.53. The van der Waals surface area contributed by atoms with Crippen LogP contribution in [0.2, 0.25) is 0 Å². The van der Waals surface area contributed by atoms with Crippen LogP contribution in [-0.4, -0.2) is 24.2 Å². The molecule has 0 aliphatic carbocycles. The maximum Gasteiger partial charge on any atom is 0.258 e. The molecule has 5 nitrogen and oxygen atoms in total. The van der Waals surface area contributed by atoms with Gasteiger partial charge >= 0.3 is 0 Å². The van der Waals surface area contributed by atoms with E-state index >= 15 is 0 Å². The van der Waals surface area contributed by atoms with E-state index in [2.05, 4.69) is 5.32 Å². The molecule has 0 saturated carbocycles. The molecule has 2 aromatic carbocycles. The number of hydrogen-bond donors (Lipinski definition) is 2. The second-order valence-electron chi connectivity index (χ2n) is 4.85. The van der Waals surface area contributed by atoms with E-state index in [9.17, 15) is 18.7 Å². The Morgan fingerprint density at radius 3 is 2.54 bits per heavy atom. The number of aliphatic hydroxyl groups is 1. The van der Waals surface area contributed by atoms with Crippen LogP contribution < -0.4 is 10.1 Å². The number of hydrogen-bond acceptors (Lipinski definition) is 4. The topological polar surface area (TPSA) is 82.3 Å². The molecule has 0 bridgehead atoms. The van der Waals surface area contributed by atoms with E-state index in [4.69, 9.17) is 10.00 Å². The summed E-state index contributed by atoms with van der Waals surface area (Å²) in [7, 11) is 0. The molecule has 2 rings (SSSR count). The van der Waals surface area contributed by atoms with E-state index in [-0.39, 0.29) is 17.9 Å². The zero-order valence-electron chi connectivity index (χ0n) is 12.5. The van der Waals surface area contributed by atoms with Crippen LogP contribution in [0.4, 0.5) is 8.78 Å². The van der Waals surface area contributed by atoms with Crippen molar-refractivity contribution in [1.29, 1.82) is 5.26 Å². The molecular weight excluding hydrogens is 318 g/mol. The third-order valence-corrected chi connectivity index (χ3v) is 3.19. The molecule has 0 radical (unpaired) electrons. The highest BCUT2D eigenvalue weighted by Gasteiger charge is 2.18. The molecule has 1 amide bonds. The SMILES string of the molecule is N#Cc1ccccc1OCC(=O)NCC(O)c1c(F)cccc1F. The van der Waals surface area contributed by atoms with Crippen LogP contribution in [0.1, 0.15) is 17.2 Å². The molecule has 0 heterocycles. The molecule has 124 valence electrons. The van der Waals surface area contributed by atoms with Gasteiger partial charge < -0.3 is 15.2 Å². The van der Waals surface area contributed by atoms with E-state index in [0.29, 0.717) is 0 Å². The maximum absolute atomic E-state index is 13.5. The first-order valence-corrected chi connectivity index (χ1v) is 7.03. The first-order chi connectivity index (χ1) is 11.5. The van der Waals surface area contributed by atoms with Gasteiger partial charge in [-0.25, -0.2) is 8.78 Å². The highest BCUT2D eigenvalue weighted by molar-refractivity contribution is 5.77. The molecule has 0 spiro atoms. The fourth-order valence-electron chi connectivity index (χ4n) is 2.02. The predicted molar refractivity (Wildman–Crippen MR) is 81.0 cm³/mol. The van der Waals surface area contributed by atoms with E-state index in [0.717, 1.165) is 12.1 Å². The van der Waals surface area contributed by atoms with Gasteiger partial charge in [-0.05, 0) is 24.3 Å². The normalized spacial score (nSPS) is 11.4. The average Bonchev–Trinajstić information content (AvgIpc) is 2.58. The van der Waals surface area contributed by atoms with E-state index in [1.54, 1.807) is 12.1 Å². The molecule has 24 heavy (non-hydrogen) atoms. The molecule has 0 fully saturated rings. The van der Waals surface area contributed by atoms with Crippen LogP contribution in [-0.2, 0) is 4.79 Å². The fraction of sp³-hybridized carbons (Fsp3) is 0.176. The van der Waals surface area contributed by atoms with Gasteiger partial charge in [0.25, 0.3) is 5.91 Å². The van der Waals surface area contributed by atoms with E-state index in [1.165, 1.54) is 18.2 Å². The predicted octanol–water partition coefficient (Wildman–Crippen LogP) is 2.07. The van der Waals surface area contributed by atoms with Crippen molar-refractivity contribution < 1.29 is 23.4 Å². The zero-order valence-corrected chi connectivity index (χ0v) is 12.5. The highest BCUT2D eigenvalue weighted by Crippen LogP contribution is 2.20. The number of benzene rings is 2. The summed E-state index contributed by atoms with van der Waals surface area (Å²) in [4.78, 5) is 11.7. The minimum absolute atomic E-state index is 0.246. The fourth-order valence-corrected chi connectivity index (χ4v) is 2.02. The lowest BCUT2D eigenvalue weighted by molar-refractivity contribution is -0.123. The summed E-state index contributed by atoms with van der Waals surface area (Å²) in [6.07, 6.45) is -1.53. The summed E-state index contributed by atoms with van der Waals surface area (Å²) >= 11 is 0.